The first-order valence-electron chi connectivity index (χ1n) is 5.44. The van der Waals surface area contributed by atoms with E-state index in [1.807, 2.05) is 12.1 Å². The molecule has 0 aromatic heterocycles. The minimum absolute atomic E-state index is 0.206. The Bertz CT molecular complexity index is 540. The van der Waals surface area contributed by atoms with Crippen LogP contribution in [-0.2, 0) is 6.61 Å². The van der Waals surface area contributed by atoms with E-state index in [-0.39, 0.29) is 12.4 Å². The summed E-state index contributed by atoms with van der Waals surface area (Å²) in [6.45, 7) is 0.206. The van der Waals surface area contributed by atoms with Crippen molar-refractivity contribution in [2.75, 3.05) is 7.11 Å². The molecule has 94 valence electrons. The molecule has 3 nitrogen and oxygen atoms in total. The lowest BCUT2D eigenvalue weighted by atomic mass is 10.2. The molecule has 0 saturated carbocycles. The maximum atomic E-state index is 13.1. The third-order valence-electron chi connectivity index (χ3n) is 2.48. The Hall–Kier alpha value is -2.23. The van der Waals surface area contributed by atoms with E-state index < -0.39 is 5.82 Å². The standard InChI is InChI=1S/C14H13FO3/c1-17-13-4-2-3-5-14(13)18-9-10-6-7-12(16)11(15)8-10/h2-8,16H,9H2,1H3. The molecule has 0 heterocycles. The van der Waals surface area contributed by atoms with Crippen molar-refractivity contribution in [3.63, 3.8) is 0 Å². The van der Waals surface area contributed by atoms with Gasteiger partial charge in [0.05, 0.1) is 7.11 Å². The highest BCUT2D eigenvalue weighted by atomic mass is 19.1. The van der Waals surface area contributed by atoms with Gasteiger partial charge in [0, 0.05) is 0 Å². The maximum absolute atomic E-state index is 13.1. The molecule has 18 heavy (non-hydrogen) atoms. The Morgan fingerprint density at radius 1 is 1.11 bits per heavy atom. The highest BCUT2D eigenvalue weighted by molar-refractivity contribution is 5.39. The van der Waals surface area contributed by atoms with Crippen molar-refractivity contribution in [2.24, 2.45) is 0 Å². The second-order valence-corrected chi connectivity index (χ2v) is 3.73. The monoisotopic (exact) mass is 248 g/mol. The molecule has 0 saturated heterocycles. The van der Waals surface area contributed by atoms with Crippen molar-refractivity contribution >= 4 is 0 Å². The summed E-state index contributed by atoms with van der Waals surface area (Å²) >= 11 is 0. The van der Waals surface area contributed by atoms with E-state index in [0.717, 1.165) is 0 Å². The van der Waals surface area contributed by atoms with E-state index in [4.69, 9.17) is 14.6 Å². The third kappa shape index (κ3) is 2.71. The lowest BCUT2D eigenvalue weighted by Crippen LogP contribution is -1.98. The van der Waals surface area contributed by atoms with Crippen molar-refractivity contribution in [1.82, 2.24) is 0 Å². The predicted molar refractivity (Wildman–Crippen MR) is 65.4 cm³/mol. The molecule has 0 aliphatic carbocycles. The number of hydrogen-bond acceptors (Lipinski definition) is 3. The fourth-order valence-corrected chi connectivity index (χ4v) is 1.54. The molecule has 0 aliphatic heterocycles. The second kappa shape index (κ2) is 5.40. The first kappa shape index (κ1) is 12.2. The topological polar surface area (TPSA) is 38.7 Å². The molecule has 2 aromatic rings. The fraction of sp³-hybridized carbons (Fsp3) is 0.143. The molecular formula is C14H13FO3. The number of benzene rings is 2. The zero-order valence-electron chi connectivity index (χ0n) is 9.89. The normalized spacial score (nSPS) is 10.1. The Morgan fingerprint density at radius 3 is 2.50 bits per heavy atom. The van der Waals surface area contributed by atoms with E-state index in [2.05, 4.69) is 0 Å². The van der Waals surface area contributed by atoms with Crippen molar-refractivity contribution in [2.45, 2.75) is 6.61 Å². The van der Waals surface area contributed by atoms with Crippen LogP contribution in [0.3, 0.4) is 0 Å². The van der Waals surface area contributed by atoms with Crippen LogP contribution in [0, 0.1) is 5.82 Å². The number of ether oxygens (including phenoxy) is 2. The number of halogens is 1. The third-order valence-corrected chi connectivity index (χ3v) is 2.48. The lowest BCUT2D eigenvalue weighted by molar-refractivity contribution is 0.283. The molecule has 0 aliphatic rings. The van der Waals surface area contributed by atoms with Crippen LogP contribution in [0.15, 0.2) is 42.5 Å². The number of rotatable bonds is 4. The van der Waals surface area contributed by atoms with Crippen molar-refractivity contribution < 1.29 is 19.0 Å². The van der Waals surface area contributed by atoms with Gasteiger partial charge in [-0.3, -0.25) is 0 Å². The SMILES string of the molecule is COc1ccccc1OCc1ccc(O)c(F)c1. The van der Waals surface area contributed by atoms with Gasteiger partial charge in [0.15, 0.2) is 23.1 Å². The lowest BCUT2D eigenvalue weighted by Gasteiger charge is -2.10. The van der Waals surface area contributed by atoms with Gasteiger partial charge in [-0.15, -0.1) is 0 Å². The molecule has 1 N–H and O–H groups in total. The van der Waals surface area contributed by atoms with Crippen molar-refractivity contribution in [3.8, 4) is 17.2 Å². The average Bonchev–Trinajstić information content (AvgIpc) is 2.40. The molecule has 0 spiro atoms. The largest absolute Gasteiger partial charge is 0.505 e. The number of methoxy groups -OCH3 is 1. The first-order chi connectivity index (χ1) is 8.70. The van der Waals surface area contributed by atoms with Gasteiger partial charge in [-0.25, -0.2) is 4.39 Å². The smallest absolute Gasteiger partial charge is 0.165 e. The summed E-state index contributed by atoms with van der Waals surface area (Å²) in [5, 5.41) is 9.08. The Morgan fingerprint density at radius 2 is 1.83 bits per heavy atom. The molecule has 0 atom stereocenters. The van der Waals surface area contributed by atoms with Crippen molar-refractivity contribution in [1.29, 1.82) is 0 Å². The van der Waals surface area contributed by atoms with Gasteiger partial charge < -0.3 is 14.6 Å². The average molecular weight is 248 g/mol. The van der Waals surface area contributed by atoms with Crippen LogP contribution in [0.1, 0.15) is 5.56 Å². The molecule has 0 radical (unpaired) electrons. The van der Waals surface area contributed by atoms with Crippen LogP contribution < -0.4 is 9.47 Å². The van der Waals surface area contributed by atoms with E-state index in [1.54, 1.807) is 25.3 Å². The predicted octanol–water partition coefficient (Wildman–Crippen LogP) is 3.12. The summed E-state index contributed by atoms with van der Waals surface area (Å²) in [6.07, 6.45) is 0. The molecular weight excluding hydrogens is 235 g/mol. The summed E-state index contributed by atoms with van der Waals surface area (Å²) in [7, 11) is 1.56. The van der Waals surface area contributed by atoms with Gasteiger partial charge in [-0.2, -0.15) is 0 Å². The number of phenolic OH excluding ortho intramolecular Hbond substituents is 1. The summed E-state index contributed by atoms with van der Waals surface area (Å²) in [4.78, 5) is 0. The van der Waals surface area contributed by atoms with Gasteiger partial charge in [-0.05, 0) is 29.8 Å². The van der Waals surface area contributed by atoms with Crippen LogP contribution in [-0.4, -0.2) is 12.2 Å². The Balaban J connectivity index is 2.09. The zero-order valence-corrected chi connectivity index (χ0v) is 9.89. The molecule has 2 rings (SSSR count). The highest BCUT2D eigenvalue weighted by Crippen LogP contribution is 2.27. The van der Waals surface area contributed by atoms with Crippen LogP contribution in [0.25, 0.3) is 0 Å². The minimum Gasteiger partial charge on any atom is -0.505 e. The summed E-state index contributed by atoms with van der Waals surface area (Å²) < 4.78 is 23.8. The van der Waals surface area contributed by atoms with Crippen molar-refractivity contribution in [3.05, 3.63) is 53.8 Å². The zero-order chi connectivity index (χ0) is 13.0. The maximum Gasteiger partial charge on any atom is 0.165 e. The highest BCUT2D eigenvalue weighted by Gasteiger charge is 2.05. The Labute approximate surface area is 104 Å². The molecule has 2 aromatic carbocycles. The van der Waals surface area contributed by atoms with E-state index in [1.165, 1.54) is 12.1 Å². The van der Waals surface area contributed by atoms with E-state index >= 15 is 0 Å². The number of para-hydroxylation sites is 2. The summed E-state index contributed by atoms with van der Waals surface area (Å²) in [5.74, 6) is 0.192. The Kier molecular flexibility index (Phi) is 3.67. The van der Waals surface area contributed by atoms with Gasteiger partial charge in [0.25, 0.3) is 0 Å². The van der Waals surface area contributed by atoms with Crippen LogP contribution >= 0.6 is 0 Å². The molecule has 0 bridgehead atoms. The molecule has 4 heteroatoms. The van der Waals surface area contributed by atoms with Gasteiger partial charge in [0.1, 0.15) is 6.61 Å². The number of phenols is 1. The molecule has 0 fully saturated rings. The van der Waals surface area contributed by atoms with Crippen LogP contribution in [0.2, 0.25) is 0 Å². The number of hydrogen-bond donors (Lipinski definition) is 1. The van der Waals surface area contributed by atoms with Gasteiger partial charge in [-0.1, -0.05) is 18.2 Å². The first-order valence-corrected chi connectivity index (χ1v) is 5.44. The summed E-state index contributed by atoms with van der Waals surface area (Å²) in [5.41, 5.74) is 0.635. The second-order valence-electron chi connectivity index (χ2n) is 3.73. The van der Waals surface area contributed by atoms with Crippen LogP contribution in [0.4, 0.5) is 4.39 Å². The van der Waals surface area contributed by atoms with E-state index in [9.17, 15) is 4.39 Å². The fourth-order valence-electron chi connectivity index (χ4n) is 1.54. The van der Waals surface area contributed by atoms with Crippen LogP contribution in [0.5, 0.6) is 17.2 Å². The summed E-state index contributed by atoms with van der Waals surface area (Å²) in [6, 6.07) is 11.4. The molecule has 0 unspecified atom stereocenters. The number of aromatic hydroxyl groups is 1. The molecule has 0 amide bonds. The van der Waals surface area contributed by atoms with Gasteiger partial charge in [0.2, 0.25) is 0 Å². The minimum atomic E-state index is -0.656. The van der Waals surface area contributed by atoms with Gasteiger partial charge >= 0.3 is 0 Å². The van der Waals surface area contributed by atoms with E-state index in [0.29, 0.717) is 17.1 Å². The quantitative estimate of drug-likeness (QED) is 0.903.